The second-order valence-electron chi connectivity index (χ2n) is 7.47. The molecule has 1 fully saturated rings. The Kier molecular flexibility index (Phi) is 5.84. The molecule has 4 rings (SSSR count). The van der Waals surface area contributed by atoms with Crippen LogP contribution in [-0.2, 0) is 11.2 Å². The zero-order valence-corrected chi connectivity index (χ0v) is 16.5. The fourth-order valence-electron chi connectivity index (χ4n) is 3.77. The van der Waals surface area contributed by atoms with E-state index in [1.165, 1.54) is 11.9 Å². The molecule has 1 aliphatic rings. The molecule has 0 radical (unpaired) electrons. The van der Waals surface area contributed by atoms with E-state index in [-0.39, 0.29) is 5.91 Å². The first kappa shape index (κ1) is 19.1. The van der Waals surface area contributed by atoms with Crippen LogP contribution in [0.2, 0.25) is 0 Å². The number of tetrazole rings is 1. The number of ether oxygens (including phenoxy) is 1. The van der Waals surface area contributed by atoms with E-state index in [1.807, 2.05) is 42.2 Å². The lowest BCUT2D eigenvalue weighted by Gasteiger charge is -2.33. The monoisotopic (exact) mass is 391 g/mol. The Morgan fingerprint density at radius 1 is 1.10 bits per heavy atom. The third-order valence-electron chi connectivity index (χ3n) is 5.40. The summed E-state index contributed by atoms with van der Waals surface area (Å²) >= 11 is 0. The van der Waals surface area contributed by atoms with Crippen LogP contribution in [0.15, 0.2) is 60.9 Å². The maximum Gasteiger partial charge on any atom is 0.263 e. The van der Waals surface area contributed by atoms with Crippen LogP contribution in [0, 0.1) is 5.92 Å². The molecule has 2 aromatic carbocycles. The fraction of sp³-hybridized carbons (Fsp3) is 0.364. The van der Waals surface area contributed by atoms with Crippen molar-refractivity contribution in [2.24, 2.45) is 5.92 Å². The highest BCUT2D eigenvalue weighted by Crippen LogP contribution is 2.23. The molecule has 0 bridgehead atoms. The molecule has 29 heavy (non-hydrogen) atoms. The largest absolute Gasteiger partial charge is 0.481 e. The second kappa shape index (κ2) is 8.86. The third-order valence-corrected chi connectivity index (χ3v) is 5.40. The Labute approximate surface area is 170 Å². The van der Waals surface area contributed by atoms with Crippen molar-refractivity contribution in [3.8, 4) is 11.4 Å². The first-order valence-electron chi connectivity index (χ1n) is 10.0. The van der Waals surface area contributed by atoms with Crippen molar-refractivity contribution < 1.29 is 9.53 Å². The summed E-state index contributed by atoms with van der Waals surface area (Å²) in [5, 5.41) is 11.1. The van der Waals surface area contributed by atoms with Crippen LogP contribution in [0.5, 0.6) is 5.75 Å². The molecule has 1 aliphatic heterocycles. The van der Waals surface area contributed by atoms with Crippen molar-refractivity contribution in [1.82, 2.24) is 25.1 Å². The molecule has 3 aromatic rings. The van der Waals surface area contributed by atoms with Crippen molar-refractivity contribution >= 4 is 5.91 Å². The Morgan fingerprint density at radius 2 is 1.83 bits per heavy atom. The molecule has 0 saturated carbocycles. The van der Waals surface area contributed by atoms with Gasteiger partial charge in [0.15, 0.2) is 6.10 Å². The summed E-state index contributed by atoms with van der Waals surface area (Å²) in [6, 6.07) is 17.9. The lowest BCUT2D eigenvalue weighted by molar-refractivity contribution is -0.139. The highest BCUT2D eigenvalue weighted by Gasteiger charge is 2.27. The van der Waals surface area contributed by atoms with Gasteiger partial charge in [0.25, 0.3) is 5.91 Å². The summed E-state index contributed by atoms with van der Waals surface area (Å²) in [4.78, 5) is 14.7. The van der Waals surface area contributed by atoms with Crippen LogP contribution in [0.3, 0.4) is 0 Å². The maximum atomic E-state index is 12.8. The number of amides is 1. The molecule has 0 aliphatic carbocycles. The molecule has 0 unspecified atom stereocenters. The van der Waals surface area contributed by atoms with Crippen molar-refractivity contribution in [2.75, 3.05) is 13.1 Å². The summed E-state index contributed by atoms with van der Waals surface area (Å²) in [5.41, 5.74) is 2.21. The number of rotatable bonds is 6. The van der Waals surface area contributed by atoms with Crippen molar-refractivity contribution in [3.63, 3.8) is 0 Å². The zero-order valence-electron chi connectivity index (χ0n) is 16.5. The van der Waals surface area contributed by atoms with Gasteiger partial charge in [-0.2, -0.15) is 0 Å². The number of hydrogen-bond donors (Lipinski definition) is 0. The van der Waals surface area contributed by atoms with Gasteiger partial charge >= 0.3 is 0 Å². The SMILES string of the molecule is C[C@H](Oc1ccc(-n2cnnn2)cc1)C(=O)N1CCC(Cc2ccccc2)CC1. The van der Waals surface area contributed by atoms with Gasteiger partial charge < -0.3 is 9.64 Å². The molecule has 1 atom stereocenters. The molecule has 0 N–H and O–H groups in total. The Morgan fingerprint density at radius 3 is 2.48 bits per heavy atom. The first-order valence-corrected chi connectivity index (χ1v) is 10.0. The van der Waals surface area contributed by atoms with Gasteiger partial charge in [-0.3, -0.25) is 4.79 Å². The Balaban J connectivity index is 1.27. The number of carbonyl (C=O) groups is 1. The van der Waals surface area contributed by atoms with Gasteiger partial charge in [0, 0.05) is 13.1 Å². The van der Waals surface area contributed by atoms with Crippen LogP contribution in [-0.4, -0.2) is 50.2 Å². The van der Waals surface area contributed by atoms with E-state index in [4.69, 9.17) is 4.74 Å². The Hall–Kier alpha value is -3.22. The van der Waals surface area contributed by atoms with E-state index in [0.717, 1.165) is 38.0 Å². The lowest BCUT2D eigenvalue weighted by Crippen LogP contribution is -2.45. The standard InChI is InChI=1S/C22H25N5O2/c1-17(29-21-9-7-20(8-10-21)27-16-23-24-25-27)22(28)26-13-11-19(12-14-26)15-18-5-3-2-4-6-18/h2-10,16-17,19H,11-15H2,1H3/t17-/m0/s1. The highest BCUT2D eigenvalue weighted by atomic mass is 16.5. The number of carbonyl (C=O) groups excluding carboxylic acids is 1. The van der Waals surface area contributed by atoms with E-state index in [0.29, 0.717) is 11.7 Å². The molecule has 1 amide bonds. The minimum atomic E-state index is -0.514. The minimum Gasteiger partial charge on any atom is -0.481 e. The van der Waals surface area contributed by atoms with Gasteiger partial charge in [0.05, 0.1) is 5.69 Å². The third kappa shape index (κ3) is 4.80. The zero-order chi connectivity index (χ0) is 20.1. The molecular weight excluding hydrogens is 366 g/mol. The minimum absolute atomic E-state index is 0.0488. The molecule has 150 valence electrons. The topological polar surface area (TPSA) is 73.1 Å². The summed E-state index contributed by atoms with van der Waals surface area (Å²) in [6.07, 6.45) is 4.17. The molecule has 0 spiro atoms. The van der Waals surface area contributed by atoms with Gasteiger partial charge in [-0.25, -0.2) is 4.68 Å². The summed E-state index contributed by atoms with van der Waals surface area (Å²) in [7, 11) is 0. The molecule has 2 heterocycles. The number of likely N-dealkylation sites (tertiary alicyclic amines) is 1. The van der Waals surface area contributed by atoms with Crippen molar-refractivity contribution in [1.29, 1.82) is 0 Å². The normalized spacial score (nSPS) is 15.8. The average Bonchev–Trinajstić information content (AvgIpc) is 3.30. The van der Waals surface area contributed by atoms with Crippen molar-refractivity contribution in [2.45, 2.75) is 32.3 Å². The van der Waals surface area contributed by atoms with Crippen LogP contribution in [0.25, 0.3) is 5.69 Å². The number of hydrogen-bond acceptors (Lipinski definition) is 5. The number of piperidine rings is 1. The van der Waals surface area contributed by atoms with E-state index in [2.05, 4.69) is 39.8 Å². The average molecular weight is 391 g/mol. The van der Waals surface area contributed by atoms with Crippen molar-refractivity contribution in [3.05, 3.63) is 66.5 Å². The molecule has 7 heteroatoms. The predicted octanol–water partition coefficient (Wildman–Crippen LogP) is 2.91. The van der Waals surface area contributed by atoms with Gasteiger partial charge in [0.1, 0.15) is 12.1 Å². The lowest BCUT2D eigenvalue weighted by atomic mass is 9.90. The summed E-state index contributed by atoms with van der Waals surface area (Å²) in [6.45, 7) is 3.40. The highest BCUT2D eigenvalue weighted by molar-refractivity contribution is 5.81. The first-order chi connectivity index (χ1) is 14.2. The Bertz CT molecular complexity index is 904. The fourth-order valence-corrected chi connectivity index (χ4v) is 3.77. The molecule has 1 saturated heterocycles. The predicted molar refractivity (Wildman–Crippen MR) is 109 cm³/mol. The molecule has 1 aromatic heterocycles. The second-order valence-corrected chi connectivity index (χ2v) is 7.47. The molecular formula is C22H25N5O2. The van der Waals surface area contributed by atoms with Gasteiger partial charge in [0.2, 0.25) is 0 Å². The van der Waals surface area contributed by atoms with E-state index in [9.17, 15) is 4.79 Å². The van der Waals surface area contributed by atoms with Gasteiger partial charge in [-0.15, -0.1) is 5.10 Å². The summed E-state index contributed by atoms with van der Waals surface area (Å²) < 4.78 is 7.44. The van der Waals surface area contributed by atoms with Crippen LogP contribution in [0.1, 0.15) is 25.3 Å². The quantitative estimate of drug-likeness (QED) is 0.646. The van der Waals surface area contributed by atoms with E-state index in [1.54, 1.807) is 4.68 Å². The smallest absolute Gasteiger partial charge is 0.263 e. The van der Waals surface area contributed by atoms with Crippen LogP contribution < -0.4 is 4.74 Å². The summed E-state index contributed by atoms with van der Waals surface area (Å²) in [5.74, 6) is 1.34. The number of benzene rings is 2. The van der Waals surface area contributed by atoms with E-state index < -0.39 is 6.10 Å². The van der Waals surface area contributed by atoms with E-state index >= 15 is 0 Å². The van der Waals surface area contributed by atoms with Crippen LogP contribution >= 0.6 is 0 Å². The van der Waals surface area contributed by atoms with Gasteiger partial charge in [-0.1, -0.05) is 30.3 Å². The number of aromatic nitrogens is 4. The number of nitrogens with zero attached hydrogens (tertiary/aromatic N) is 5. The maximum absolute atomic E-state index is 12.8. The van der Waals surface area contributed by atoms with Crippen LogP contribution in [0.4, 0.5) is 0 Å². The molecule has 7 nitrogen and oxygen atoms in total. The van der Waals surface area contributed by atoms with Gasteiger partial charge in [-0.05, 0) is 72.4 Å².